The molecule has 0 aliphatic carbocycles. The molecule has 0 aliphatic rings. The number of methoxy groups -OCH3 is 3. The van der Waals surface area contributed by atoms with Gasteiger partial charge in [0, 0.05) is 18.2 Å². The number of benzene rings is 2. The van der Waals surface area contributed by atoms with Gasteiger partial charge in [0.05, 0.1) is 26.9 Å². The van der Waals surface area contributed by atoms with Gasteiger partial charge in [-0.3, -0.25) is 4.79 Å². The van der Waals surface area contributed by atoms with Gasteiger partial charge in [-0.05, 0) is 36.2 Å². The molecule has 0 fully saturated rings. The molecule has 138 valence electrons. The molecule has 2 aromatic carbocycles. The van der Waals surface area contributed by atoms with Gasteiger partial charge in [-0.25, -0.2) is 4.79 Å². The van der Waals surface area contributed by atoms with Crippen molar-refractivity contribution >= 4 is 11.9 Å². The Bertz CT molecular complexity index is 780. The van der Waals surface area contributed by atoms with Crippen LogP contribution in [0.25, 0.3) is 0 Å². The molecule has 0 aromatic heterocycles. The van der Waals surface area contributed by atoms with Crippen LogP contribution in [0, 0.1) is 0 Å². The van der Waals surface area contributed by atoms with Crippen LogP contribution in [0.15, 0.2) is 36.4 Å². The topological polar surface area (TPSA) is 94.1 Å². The minimum absolute atomic E-state index is 0.151. The van der Waals surface area contributed by atoms with E-state index in [-0.39, 0.29) is 11.5 Å². The quantitative estimate of drug-likeness (QED) is 0.752. The highest BCUT2D eigenvalue weighted by Crippen LogP contribution is 2.23. The standard InChI is InChI=1S/C19H21NO6/c1-24-15-8-14(9-16(11-15)25-2)18(21)20-7-6-12-4-5-13(19(22)23)10-17(12)26-3/h4-5,8-11H,6-7H2,1-3H3,(H,20,21)(H,22,23). The molecule has 2 aromatic rings. The Balaban J connectivity index is 2.03. The number of carboxylic acids is 1. The first kappa shape index (κ1) is 19.1. The third-order valence-corrected chi connectivity index (χ3v) is 3.83. The third kappa shape index (κ3) is 4.66. The van der Waals surface area contributed by atoms with Crippen molar-refractivity contribution in [2.75, 3.05) is 27.9 Å². The van der Waals surface area contributed by atoms with Gasteiger partial charge in [-0.15, -0.1) is 0 Å². The predicted molar refractivity (Wildman–Crippen MR) is 95.5 cm³/mol. The maximum absolute atomic E-state index is 12.3. The second kappa shape index (κ2) is 8.75. The van der Waals surface area contributed by atoms with E-state index in [1.807, 2.05) is 0 Å². The number of hydrogen-bond acceptors (Lipinski definition) is 5. The summed E-state index contributed by atoms with van der Waals surface area (Å²) in [6, 6.07) is 9.59. The first-order valence-electron chi connectivity index (χ1n) is 7.90. The summed E-state index contributed by atoms with van der Waals surface area (Å²) < 4.78 is 15.5. The molecule has 7 nitrogen and oxygen atoms in total. The fourth-order valence-corrected chi connectivity index (χ4v) is 2.44. The van der Waals surface area contributed by atoms with Gasteiger partial charge in [-0.1, -0.05) is 6.07 Å². The Morgan fingerprint density at radius 3 is 2.12 bits per heavy atom. The Morgan fingerprint density at radius 1 is 0.923 bits per heavy atom. The van der Waals surface area contributed by atoms with Gasteiger partial charge in [0.25, 0.3) is 5.91 Å². The highest BCUT2D eigenvalue weighted by atomic mass is 16.5. The van der Waals surface area contributed by atoms with Crippen molar-refractivity contribution in [2.45, 2.75) is 6.42 Å². The zero-order chi connectivity index (χ0) is 19.1. The van der Waals surface area contributed by atoms with E-state index in [9.17, 15) is 9.59 Å². The van der Waals surface area contributed by atoms with Crippen molar-refractivity contribution < 1.29 is 28.9 Å². The maximum Gasteiger partial charge on any atom is 0.335 e. The first-order chi connectivity index (χ1) is 12.5. The van der Waals surface area contributed by atoms with Crippen molar-refractivity contribution in [3.8, 4) is 17.2 Å². The second-order valence-electron chi connectivity index (χ2n) is 5.44. The molecule has 0 unspecified atom stereocenters. The number of ether oxygens (including phenoxy) is 3. The van der Waals surface area contributed by atoms with Gasteiger partial charge in [0.15, 0.2) is 0 Å². The number of nitrogens with one attached hydrogen (secondary N) is 1. The summed E-state index contributed by atoms with van der Waals surface area (Å²) in [6.07, 6.45) is 0.496. The molecule has 0 radical (unpaired) electrons. The van der Waals surface area contributed by atoms with Crippen LogP contribution in [0.3, 0.4) is 0 Å². The lowest BCUT2D eigenvalue weighted by Gasteiger charge is -2.11. The molecular formula is C19H21NO6. The van der Waals surface area contributed by atoms with E-state index in [2.05, 4.69) is 5.32 Å². The SMILES string of the molecule is COc1cc(OC)cc(C(=O)NCCc2ccc(C(=O)O)cc2OC)c1. The van der Waals surface area contributed by atoms with Crippen LogP contribution in [0.5, 0.6) is 17.2 Å². The Morgan fingerprint density at radius 2 is 1.58 bits per heavy atom. The zero-order valence-corrected chi connectivity index (χ0v) is 14.9. The van der Waals surface area contributed by atoms with Crippen molar-refractivity contribution in [1.82, 2.24) is 5.32 Å². The van der Waals surface area contributed by atoms with Crippen LogP contribution in [-0.2, 0) is 6.42 Å². The van der Waals surface area contributed by atoms with E-state index in [0.717, 1.165) is 5.56 Å². The lowest BCUT2D eigenvalue weighted by Crippen LogP contribution is -2.25. The smallest absolute Gasteiger partial charge is 0.335 e. The average Bonchev–Trinajstić information content (AvgIpc) is 2.67. The molecule has 0 atom stereocenters. The van der Waals surface area contributed by atoms with Gasteiger partial charge in [-0.2, -0.15) is 0 Å². The molecule has 7 heteroatoms. The molecule has 1 amide bonds. The Kier molecular flexibility index (Phi) is 6.43. The Labute approximate surface area is 151 Å². The van der Waals surface area contributed by atoms with Crippen molar-refractivity contribution in [3.63, 3.8) is 0 Å². The predicted octanol–water partition coefficient (Wildman–Crippen LogP) is 2.38. The molecule has 2 N–H and O–H groups in total. The van der Waals surface area contributed by atoms with E-state index in [1.54, 1.807) is 24.3 Å². The summed E-state index contributed by atoms with van der Waals surface area (Å²) in [5.74, 6) is 0.251. The molecule has 0 bridgehead atoms. The van der Waals surface area contributed by atoms with Crippen LogP contribution in [0.1, 0.15) is 26.3 Å². The molecule has 0 spiro atoms. The van der Waals surface area contributed by atoms with Crippen LogP contribution >= 0.6 is 0 Å². The highest BCUT2D eigenvalue weighted by Gasteiger charge is 2.12. The average molecular weight is 359 g/mol. The van der Waals surface area contributed by atoms with E-state index >= 15 is 0 Å². The van der Waals surface area contributed by atoms with E-state index in [0.29, 0.717) is 35.8 Å². The van der Waals surface area contributed by atoms with Crippen molar-refractivity contribution in [2.24, 2.45) is 0 Å². The third-order valence-electron chi connectivity index (χ3n) is 3.83. The number of rotatable bonds is 8. The monoisotopic (exact) mass is 359 g/mol. The Hall–Kier alpha value is -3.22. The lowest BCUT2D eigenvalue weighted by molar-refractivity contribution is 0.0696. The molecule has 0 heterocycles. The number of aromatic carboxylic acids is 1. The molecule has 0 aliphatic heterocycles. The van der Waals surface area contributed by atoms with Gasteiger partial charge in [0.1, 0.15) is 17.2 Å². The van der Waals surface area contributed by atoms with Crippen LogP contribution in [-0.4, -0.2) is 44.9 Å². The summed E-state index contributed by atoms with van der Waals surface area (Å²) in [5.41, 5.74) is 1.38. The fraction of sp³-hybridized carbons (Fsp3) is 0.263. The summed E-state index contributed by atoms with van der Waals surface area (Å²) in [5, 5.41) is 11.8. The molecule has 0 saturated carbocycles. The number of hydrogen-bond donors (Lipinski definition) is 2. The zero-order valence-electron chi connectivity index (χ0n) is 14.9. The van der Waals surface area contributed by atoms with Crippen molar-refractivity contribution in [1.29, 1.82) is 0 Å². The molecule has 0 saturated heterocycles. The largest absolute Gasteiger partial charge is 0.497 e. The minimum Gasteiger partial charge on any atom is -0.497 e. The number of carboxylic acid groups (broad SMARTS) is 1. The number of carbonyl (C=O) groups excluding carboxylic acids is 1. The number of amides is 1. The summed E-state index contributed by atoms with van der Waals surface area (Å²) in [7, 11) is 4.51. The van der Waals surface area contributed by atoms with Crippen LogP contribution in [0.4, 0.5) is 0 Å². The highest BCUT2D eigenvalue weighted by molar-refractivity contribution is 5.95. The summed E-state index contributed by atoms with van der Waals surface area (Å²) >= 11 is 0. The van der Waals surface area contributed by atoms with Gasteiger partial charge < -0.3 is 24.6 Å². The molecular weight excluding hydrogens is 338 g/mol. The normalized spacial score (nSPS) is 10.1. The summed E-state index contributed by atoms with van der Waals surface area (Å²) in [6.45, 7) is 0.362. The van der Waals surface area contributed by atoms with E-state index < -0.39 is 5.97 Å². The van der Waals surface area contributed by atoms with Gasteiger partial charge in [0.2, 0.25) is 0 Å². The second-order valence-corrected chi connectivity index (χ2v) is 5.44. The molecule has 2 rings (SSSR count). The van der Waals surface area contributed by atoms with Crippen molar-refractivity contribution in [3.05, 3.63) is 53.1 Å². The van der Waals surface area contributed by atoms with Crippen LogP contribution < -0.4 is 19.5 Å². The number of carbonyl (C=O) groups is 2. The van der Waals surface area contributed by atoms with Gasteiger partial charge >= 0.3 is 5.97 Å². The summed E-state index contributed by atoms with van der Waals surface area (Å²) in [4.78, 5) is 23.4. The fourth-order valence-electron chi connectivity index (χ4n) is 2.44. The lowest BCUT2D eigenvalue weighted by atomic mass is 10.1. The minimum atomic E-state index is -1.02. The molecule has 26 heavy (non-hydrogen) atoms. The maximum atomic E-state index is 12.3. The van der Waals surface area contributed by atoms with Crippen LogP contribution in [0.2, 0.25) is 0 Å². The van der Waals surface area contributed by atoms with E-state index in [1.165, 1.54) is 33.5 Å². The van der Waals surface area contributed by atoms with E-state index in [4.69, 9.17) is 19.3 Å². The first-order valence-corrected chi connectivity index (χ1v) is 7.90.